The van der Waals surface area contributed by atoms with Crippen LogP contribution in [-0.4, -0.2) is 49.2 Å². The van der Waals surface area contributed by atoms with Gasteiger partial charge >= 0.3 is 0 Å². The molecule has 0 radical (unpaired) electrons. The minimum Gasteiger partial charge on any atom is -0.377 e. The van der Waals surface area contributed by atoms with Gasteiger partial charge in [0.25, 0.3) is 0 Å². The van der Waals surface area contributed by atoms with E-state index in [-0.39, 0.29) is 35.5 Å². The largest absolute Gasteiger partial charge is 0.377 e. The highest BCUT2D eigenvalue weighted by Gasteiger charge is 2.15. The molecule has 7 nitrogen and oxygen atoms in total. The molecule has 25 heavy (non-hydrogen) atoms. The second kappa shape index (κ2) is 12.0. The van der Waals surface area contributed by atoms with E-state index in [9.17, 15) is 4.79 Å². The minimum atomic E-state index is -0.323. The van der Waals surface area contributed by atoms with Gasteiger partial charge in [-0.05, 0) is 39.3 Å². The third kappa shape index (κ3) is 10.2. The maximum absolute atomic E-state index is 11.9. The van der Waals surface area contributed by atoms with Crippen molar-refractivity contribution in [2.75, 3.05) is 32.1 Å². The Bertz CT molecular complexity index is 546. The lowest BCUT2D eigenvalue weighted by Gasteiger charge is -2.21. The quantitative estimate of drug-likeness (QED) is 0.313. The number of hydrogen-bond donors (Lipinski definition) is 3. The molecule has 1 heterocycles. The molecule has 0 saturated carbocycles. The SMILES string of the molecule is CCNC(=NCC(C)(C)OC)NCCC(=O)Nc1ccc(C)cn1.I. The summed E-state index contributed by atoms with van der Waals surface area (Å²) < 4.78 is 5.35. The van der Waals surface area contributed by atoms with E-state index in [0.717, 1.165) is 12.1 Å². The number of rotatable bonds is 8. The van der Waals surface area contributed by atoms with Gasteiger partial charge in [0.05, 0.1) is 12.1 Å². The average Bonchev–Trinajstić information content (AvgIpc) is 2.55. The Labute approximate surface area is 167 Å². The lowest BCUT2D eigenvalue weighted by molar-refractivity contribution is -0.116. The predicted octanol–water partition coefficient (Wildman–Crippen LogP) is 2.32. The lowest BCUT2D eigenvalue weighted by Crippen LogP contribution is -2.40. The van der Waals surface area contributed by atoms with Crippen molar-refractivity contribution in [1.29, 1.82) is 0 Å². The van der Waals surface area contributed by atoms with E-state index in [1.807, 2.05) is 33.8 Å². The molecule has 8 heteroatoms. The summed E-state index contributed by atoms with van der Waals surface area (Å²) in [5.41, 5.74) is 0.733. The number of hydrogen-bond acceptors (Lipinski definition) is 4. The predicted molar refractivity (Wildman–Crippen MR) is 113 cm³/mol. The van der Waals surface area contributed by atoms with Crippen LogP contribution in [0, 0.1) is 6.92 Å². The van der Waals surface area contributed by atoms with Gasteiger partial charge in [-0.3, -0.25) is 9.79 Å². The first kappa shape index (κ1) is 23.6. The molecule has 0 fully saturated rings. The van der Waals surface area contributed by atoms with Crippen molar-refractivity contribution in [3.63, 3.8) is 0 Å². The number of methoxy groups -OCH3 is 1. The van der Waals surface area contributed by atoms with Crippen molar-refractivity contribution in [3.8, 4) is 0 Å². The zero-order chi connectivity index (χ0) is 18.0. The van der Waals surface area contributed by atoms with Crippen LogP contribution in [0.3, 0.4) is 0 Å². The molecule has 1 rings (SSSR count). The van der Waals surface area contributed by atoms with E-state index in [0.29, 0.717) is 31.3 Å². The number of aryl methyl sites for hydroxylation is 1. The molecule has 1 aromatic heterocycles. The monoisotopic (exact) mass is 463 g/mol. The lowest BCUT2D eigenvalue weighted by atomic mass is 10.1. The van der Waals surface area contributed by atoms with E-state index in [4.69, 9.17) is 4.74 Å². The molecule has 0 atom stereocenters. The van der Waals surface area contributed by atoms with Crippen molar-refractivity contribution >= 4 is 41.7 Å². The van der Waals surface area contributed by atoms with Gasteiger partial charge in [-0.1, -0.05) is 6.07 Å². The summed E-state index contributed by atoms with van der Waals surface area (Å²) in [4.78, 5) is 20.6. The number of guanidine groups is 1. The first-order chi connectivity index (χ1) is 11.4. The average molecular weight is 463 g/mol. The summed E-state index contributed by atoms with van der Waals surface area (Å²) in [7, 11) is 1.67. The Hall–Kier alpha value is -1.42. The van der Waals surface area contributed by atoms with Crippen molar-refractivity contribution in [1.82, 2.24) is 15.6 Å². The van der Waals surface area contributed by atoms with Crippen molar-refractivity contribution in [3.05, 3.63) is 23.9 Å². The van der Waals surface area contributed by atoms with Crippen LogP contribution in [0.5, 0.6) is 0 Å². The van der Waals surface area contributed by atoms with Gasteiger partial charge in [-0.15, -0.1) is 24.0 Å². The Morgan fingerprint density at radius 3 is 2.60 bits per heavy atom. The Balaban J connectivity index is 0.00000576. The molecule has 0 bridgehead atoms. The molecule has 0 unspecified atom stereocenters. The molecule has 1 amide bonds. The number of ether oxygens (including phenoxy) is 1. The van der Waals surface area contributed by atoms with E-state index in [2.05, 4.69) is 25.9 Å². The maximum atomic E-state index is 11.9. The molecule has 0 aliphatic heterocycles. The second-order valence-electron chi connectivity index (χ2n) is 6.10. The van der Waals surface area contributed by atoms with Crippen LogP contribution in [0.25, 0.3) is 0 Å². The normalized spacial score (nSPS) is 11.5. The molecule has 0 aliphatic carbocycles. The first-order valence-electron chi connectivity index (χ1n) is 8.16. The third-order valence-corrected chi connectivity index (χ3v) is 3.34. The number of aliphatic imine (C=N–C) groups is 1. The fourth-order valence-corrected chi connectivity index (χ4v) is 1.72. The highest BCUT2D eigenvalue weighted by atomic mass is 127. The van der Waals surface area contributed by atoms with Crippen molar-refractivity contribution in [2.24, 2.45) is 4.99 Å². The third-order valence-electron chi connectivity index (χ3n) is 3.34. The van der Waals surface area contributed by atoms with Gasteiger partial charge in [0, 0.05) is 32.8 Å². The molecule has 3 N–H and O–H groups in total. The number of nitrogens with one attached hydrogen (secondary N) is 3. The van der Waals surface area contributed by atoms with Crippen molar-refractivity contribution < 1.29 is 9.53 Å². The Morgan fingerprint density at radius 1 is 1.32 bits per heavy atom. The number of nitrogens with zero attached hydrogens (tertiary/aromatic N) is 2. The molecular weight excluding hydrogens is 433 g/mol. The van der Waals surface area contributed by atoms with Crippen LogP contribution in [0.4, 0.5) is 5.82 Å². The van der Waals surface area contributed by atoms with E-state index < -0.39 is 0 Å². The Kier molecular flexibility index (Phi) is 11.3. The van der Waals surface area contributed by atoms with Crippen LogP contribution in [0.1, 0.15) is 32.8 Å². The summed E-state index contributed by atoms with van der Waals surface area (Å²) in [6.45, 7) is 9.65. The van der Waals surface area contributed by atoms with E-state index in [1.165, 1.54) is 0 Å². The number of pyridine rings is 1. The molecule has 142 valence electrons. The first-order valence-corrected chi connectivity index (χ1v) is 8.16. The smallest absolute Gasteiger partial charge is 0.227 e. The Morgan fingerprint density at radius 2 is 2.04 bits per heavy atom. The topological polar surface area (TPSA) is 87.6 Å². The van der Waals surface area contributed by atoms with Gasteiger partial charge in [0.1, 0.15) is 5.82 Å². The van der Waals surface area contributed by atoms with Gasteiger partial charge in [-0.25, -0.2) is 4.98 Å². The molecular formula is C17H30IN5O2. The van der Waals surface area contributed by atoms with Crippen LogP contribution in [0.2, 0.25) is 0 Å². The minimum absolute atomic E-state index is 0. The highest BCUT2D eigenvalue weighted by Crippen LogP contribution is 2.07. The van der Waals surface area contributed by atoms with E-state index >= 15 is 0 Å². The molecule has 0 aromatic carbocycles. The number of halogens is 1. The van der Waals surface area contributed by atoms with Crippen LogP contribution in [0.15, 0.2) is 23.3 Å². The summed E-state index contributed by atoms with van der Waals surface area (Å²) >= 11 is 0. The zero-order valence-electron chi connectivity index (χ0n) is 15.7. The summed E-state index contributed by atoms with van der Waals surface area (Å²) in [6.07, 6.45) is 2.05. The molecule has 0 spiro atoms. The van der Waals surface area contributed by atoms with Crippen LogP contribution in [-0.2, 0) is 9.53 Å². The number of amides is 1. The van der Waals surface area contributed by atoms with Crippen LogP contribution >= 0.6 is 24.0 Å². The van der Waals surface area contributed by atoms with E-state index in [1.54, 1.807) is 19.4 Å². The maximum Gasteiger partial charge on any atom is 0.227 e. The highest BCUT2D eigenvalue weighted by molar-refractivity contribution is 14.0. The van der Waals surface area contributed by atoms with Crippen molar-refractivity contribution in [2.45, 2.75) is 39.7 Å². The fourth-order valence-electron chi connectivity index (χ4n) is 1.72. The van der Waals surface area contributed by atoms with Gasteiger partial charge in [0.15, 0.2) is 5.96 Å². The number of carbonyl (C=O) groups excluding carboxylic acids is 1. The molecule has 0 saturated heterocycles. The van der Waals surface area contributed by atoms with Gasteiger partial charge in [-0.2, -0.15) is 0 Å². The van der Waals surface area contributed by atoms with Gasteiger partial charge < -0.3 is 20.7 Å². The number of carbonyl (C=O) groups is 1. The number of anilines is 1. The summed E-state index contributed by atoms with van der Waals surface area (Å²) in [5, 5.41) is 9.06. The second-order valence-corrected chi connectivity index (χ2v) is 6.10. The zero-order valence-corrected chi connectivity index (χ0v) is 18.0. The molecule has 1 aromatic rings. The van der Waals surface area contributed by atoms with Gasteiger partial charge in [0.2, 0.25) is 5.91 Å². The number of aromatic nitrogens is 1. The van der Waals surface area contributed by atoms with Crippen LogP contribution < -0.4 is 16.0 Å². The standard InChI is InChI=1S/C17H29N5O2.HI/c1-6-18-16(21-12-17(3,4)24-5)19-10-9-15(23)22-14-8-7-13(2)11-20-14;/h7-8,11H,6,9-10,12H2,1-5H3,(H2,18,19,21)(H,20,22,23);1H. The summed E-state index contributed by atoms with van der Waals surface area (Å²) in [6, 6.07) is 3.70. The summed E-state index contributed by atoms with van der Waals surface area (Å²) in [5.74, 6) is 1.14. The molecule has 0 aliphatic rings. The fraction of sp³-hybridized carbons (Fsp3) is 0.588.